The van der Waals surface area contributed by atoms with E-state index in [1.807, 2.05) is 0 Å². The van der Waals surface area contributed by atoms with Gasteiger partial charge in [0.1, 0.15) is 0 Å². The normalized spacial score (nSPS) is 18.9. The molecule has 1 heterocycles. The highest BCUT2D eigenvalue weighted by Gasteiger charge is 2.35. The topological polar surface area (TPSA) is 20.3 Å². The van der Waals surface area contributed by atoms with Crippen molar-refractivity contribution in [1.82, 2.24) is 4.90 Å². The number of benzene rings is 1. The van der Waals surface area contributed by atoms with Gasteiger partial charge in [-0.15, -0.1) is 0 Å². The van der Waals surface area contributed by atoms with E-state index in [9.17, 15) is 4.79 Å². The summed E-state index contributed by atoms with van der Waals surface area (Å²) in [6.07, 6.45) is 4.45. The first-order valence-corrected chi connectivity index (χ1v) is 7.89. The van der Waals surface area contributed by atoms with E-state index in [-0.39, 0.29) is 5.41 Å². The Labute approximate surface area is 123 Å². The largest absolute Gasteiger partial charge is 0.297 e. The molecule has 1 aromatic carbocycles. The van der Waals surface area contributed by atoms with Gasteiger partial charge in [-0.25, -0.2) is 0 Å². The smallest absolute Gasteiger partial charge is 0.157 e. The molecule has 2 rings (SSSR count). The molecule has 1 atom stereocenters. The van der Waals surface area contributed by atoms with Crippen LogP contribution in [-0.2, 0) is 10.2 Å². The third-order valence-electron chi connectivity index (χ3n) is 4.62. The molecular formula is C18H27NO. The molecule has 1 aliphatic heterocycles. The minimum atomic E-state index is -0.328. The Morgan fingerprint density at radius 2 is 1.80 bits per heavy atom. The first-order valence-electron chi connectivity index (χ1n) is 7.89. The van der Waals surface area contributed by atoms with E-state index in [4.69, 9.17) is 0 Å². The summed E-state index contributed by atoms with van der Waals surface area (Å²) in [6, 6.07) is 8.50. The van der Waals surface area contributed by atoms with E-state index in [1.54, 1.807) is 0 Å². The van der Waals surface area contributed by atoms with Crippen LogP contribution in [0.25, 0.3) is 0 Å². The zero-order valence-electron chi connectivity index (χ0n) is 13.1. The summed E-state index contributed by atoms with van der Waals surface area (Å²) in [5.41, 5.74) is 2.10. The van der Waals surface area contributed by atoms with E-state index in [0.717, 1.165) is 25.9 Å². The van der Waals surface area contributed by atoms with Crippen molar-refractivity contribution < 1.29 is 4.79 Å². The van der Waals surface area contributed by atoms with E-state index >= 15 is 0 Å². The van der Waals surface area contributed by atoms with Gasteiger partial charge in [0.15, 0.2) is 5.78 Å². The van der Waals surface area contributed by atoms with Crippen molar-refractivity contribution in [3.63, 3.8) is 0 Å². The van der Waals surface area contributed by atoms with Crippen molar-refractivity contribution >= 4 is 5.78 Å². The predicted octanol–water partition coefficient (Wildman–Crippen LogP) is 3.72. The van der Waals surface area contributed by atoms with Gasteiger partial charge in [0.2, 0.25) is 0 Å². The second-order valence-corrected chi connectivity index (χ2v) is 6.35. The SMILES string of the molecule is CCCC(C)(C(=O)CN1CCCC1)c1ccc(C)cc1. The number of ketones is 1. The third-order valence-corrected chi connectivity index (χ3v) is 4.62. The number of hydrogen-bond donors (Lipinski definition) is 0. The van der Waals surface area contributed by atoms with E-state index in [1.165, 1.54) is 24.0 Å². The second kappa shape index (κ2) is 6.53. The predicted molar refractivity (Wildman–Crippen MR) is 84.1 cm³/mol. The molecule has 1 aliphatic rings. The van der Waals surface area contributed by atoms with Crippen LogP contribution < -0.4 is 0 Å². The number of Topliss-reactive ketones (excluding diaryl/α,β-unsaturated/α-hetero) is 1. The molecule has 20 heavy (non-hydrogen) atoms. The fourth-order valence-electron chi connectivity index (χ4n) is 3.18. The van der Waals surface area contributed by atoms with Crippen molar-refractivity contribution in [2.45, 2.75) is 51.9 Å². The highest BCUT2D eigenvalue weighted by atomic mass is 16.1. The van der Waals surface area contributed by atoms with Crippen LogP contribution in [-0.4, -0.2) is 30.3 Å². The van der Waals surface area contributed by atoms with E-state index in [2.05, 4.69) is 49.9 Å². The maximum Gasteiger partial charge on any atom is 0.157 e. The fourth-order valence-corrected chi connectivity index (χ4v) is 3.18. The van der Waals surface area contributed by atoms with Crippen molar-refractivity contribution in [1.29, 1.82) is 0 Å². The van der Waals surface area contributed by atoms with Crippen molar-refractivity contribution in [3.05, 3.63) is 35.4 Å². The number of rotatable bonds is 6. The van der Waals surface area contributed by atoms with Crippen LogP contribution in [0, 0.1) is 6.92 Å². The highest BCUT2D eigenvalue weighted by Crippen LogP contribution is 2.31. The van der Waals surface area contributed by atoms with Crippen LogP contribution in [0.1, 0.15) is 50.7 Å². The van der Waals surface area contributed by atoms with Crippen molar-refractivity contribution in [2.24, 2.45) is 0 Å². The second-order valence-electron chi connectivity index (χ2n) is 6.35. The third kappa shape index (κ3) is 3.29. The Bertz CT molecular complexity index is 445. The molecule has 0 bridgehead atoms. The van der Waals surface area contributed by atoms with Gasteiger partial charge in [0.25, 0.3) is 0 Å². The molecule has 1 aromatic rings. The average Bonchev–Trinajstić information content (AvgIpc) is 2.92. The van der Waals surface area contributed by atoms with Gasteiger partial charge in [-0.3, -0.25) is 9.69 Å². The van der Waals surface area contributed by atoms with E-state index < -0.39 is 0 Å². The number of aryl methyl sites for hydroxylation is 1. The molecule has 0 saturated carbocycles. The van der Waals surface area contributed by atoms with Gasteiger partial charge in [0, 0.05) is 0 Å². The maximum atomic E-state index is 12.9. The molecule has 0 radical (unpaired) electrons. The lowest BCUT2D eigenvalue weighted by Crippen LogP contribution is -2.40. The standard InChI is InChI=1S/C18H27NO/c1-4-11-18(3,16-9-7-15(2)8-10-16)17(20)14-19-12-5-6-13-19/h7-10H,4-6,11-14H2,1-3H3. The van der Waals surface area contributed by atoms with Gasteiger partial charge in [-0.1, -0.05) is 43.2 Å². The Kier molecular flexibility index (Phi) is 4.98. The molecule has 2 nitrogen and oxygen atoms in total. The molecule has 0 amide bonds. The van der Waals surface area contributed by atoms with Crippen LogP contribution in [0.5, 0.6) is 0 Å². The quantitative estimate of drug-likeness (QED) is 0.787. The summed E-state index contributed by atoms with van der Waals surface area (Å²) in [7, 11) is 0. The molecule has 1 fully saturated rings. The van der Waals surface area contributed by atoms with Gasteiger partial charge < -0.3 is 0 Å². The van der Waals surface area contributed by atoms with Crippen LogP contribution in [0.2, 0.25) is 0 Å². The van der Waals surface area contributed by atoms with Crippen LogP contribution in [0.3, 0.4) is 0 Å². The summed E-state index contributed by atoms with van der Waals surface area (Å²) < 4.78 is 0. The summed E-state index contributed by atoms with van der Waals surface area (Å²) >= 11 is 0. The zero-order valence-corrected chi connectivity index (χ0v) is 13.1. The number of carbonyl (C=O) groups is 1. The van der Waals surface area contributed by atoms with Gasteiger partial charge in [0.05, 0.1) is 12.0 Å². The summed E-state index contributed by atoms with van der Waals surface area (Å²) in [5, 5.41) is 0. The Hall–Kier alpha value is -1.15. The van der Waals surface area contributed by atoms with Crippen LogP contribution in [0.15, 0.2) is 24.3 Å². The van der Waals surface area contributed by atoms with Crippen LogP contribution in [0.4, 0.5) is 0 Å². The molecule has 0 aromatic heterocycles. The minimum absolute atomic E-state index is 0.328. The van der Waals surface area contributed by atoms with Gasteiger partial charge >= 0.3 is 0 Å². The molecule has 1 unspecified atom stereocenters. The Balaban J connectivity index is 2.18. The summed E-state index contributed by atoms with van der Waals surface area (Å²) in [6.45, 7) is 9.16. The number of likely N-dealkylation sites (tertiary alicyclic amines) is 1. The molecule has 0 aliphatic carbocycles. The highest BCUT2D eigenvalue weighted by molar-refractivity contribution is 5.91. The summed E-state index contributed by atoms with van der Waals surface area (Å²) in [4.78, 5) is 15.2. The van der Waals surface area contributed by atoms with E-state index in [0.29, 0.717) is 12.3 Å². The Morgan fingerprint density at radius 3 is 2.35 bits per heavy atom. The first kappa shape index (κ1) is 15.2. The fraction of sp³-hybridized carbons (Fsp3) is 0.611. The molecule has 110 valence electrons. The molecular weight excluding hydrogens is 246 g/mol. The lowest BCUT2D eigenvalue weighted by Gasteiger charge is -2.30. The molecule has 0 spiro atoms. The summed E-state index contributed by atoms with van der Waals surface area (Å²) in [5.74, 6) is 0.380. The lowest BCUT2D eigenvalue weighted by atomic mass is 9.74. The Morgan fingerprint density at radius 1 is 1.20 bits per heavy atom. The van der Waals surface area contributed by atoms with Crippen molar-refractivity contribution in [3.8, 4) is 0 Å². The van der Waals surface area contributed by atoms with Crippen LogP contribution >= 0.6 is 0 Å². The average molecular weight is 273 g/mol. The van der Waals surface area contributed by atoms with Gasteiger partial charge in [-0.05, 0) is 51.8 Å². The molecule has 1 saturated heterocycles. The monoisotopic (exact) mass is 273 g/mol. The number of nitrogens with zero attached hydrogens (tertiary/aromatic N) is 1. The number of carbonyl (C=O) groups excluding carboxylic acids is 1. The molecule has 0 N–H and O–H groups in total. The maximum absolute atomic E-state index is 12.9. The molecule has 2 heteroatoms. The lowest BCUT2D eigenvalue weighted by molar-refractivity contribution is -0.125. The number of hydrogen-bond acceptors (Lipinski definition) is 2. The first-order chi connectivity index (χ1) is 9.56. The minimum Gasteiger partial charge on any atom is -0.297 e. The van der Waals surface area contributed by atoms with Crippen molar-refractivity contribution in [2.75, 3.05) is 19.6 Å². The van der Waals surface area contributed by atoms with Gasteiger partial charge in [-0.2, -0.15) is 0 Å². The zero-order chi connectivity index (χ0) is 14.6.